The van der Waals surface area contributed by atoms with Gasteiger partial charge in [-0.05, 0) is 23.3 Å². The van der Waals surface area contributed by atoms with Crippen LogP contribution in [0, 0.1) is 0 Å². The molecule has 0 saturated carbocycles. The molecule has 3 heteroatoms. The highest BCUT2D eigenvalue weighted by Gasteiger charge is 2.23. The molecule has 0 atom stereocenters. The summed E-state index contributed by atoms with van der Waals surface area (Å²) >= 11 is 0. The van der Waals surface area contributed by atoms with Crippen LogP contribution in [0.15, 0.2) is 72.8 Å². The summed E-state index contributed by atoms with van der Waals surface area (Å²) in [6, 6.07) is 24.2. The van der Waals surface area contributed by atoms with Gasteiger partial charge in [0.15, 0.2) is 11.5 Å². The van der Waals surface area contributed by atoms with Crippen molar-refractivity contribution in [2.45, 2.75) is 6.61 Å². The molecule has 0 radical (unpaired) electrons. The highest BCUT2D eigenvalue weighted by molar-refractivity contribution is 5.76. The Morgan fingerprint density at radius 3 is 2.30 bits per heavy atom. The summed E-state index contributed by atoms with van der Waals surface area (Å²) < 4.78 is 17.2. The topological polar surface area (TPSA) is 27.7 Å². The molecule has 0 spiro atoms. The van der Waals surface area contributed by atoms with E-state index >= 15 is 0 Å². The van der Waals surface area contributed by atoms with Gasteiger partial charge in [0.2, 0.25) is 12.5 Å². The van der Waals surface area contributed by atoms with Gasteiger partial charge in [-0.2, -0.15) is 0 Å². The third kappa shape index (κ3) is 2.73. The van der Waals surface area contributed by atoms with Gasteiger partial charge < -0.3 is 14.2 Å². The van der Waals surface area contributed by atoms with E-state index in [0.29, 0.717) is 12.4 Å². The van der Waals surface area contributed by atoms with E-state index in [4.69, 9.17) is 14.2 Å². The molecule has 1 aliphatic heterocycles. The van der Waals surface area contributed by atoms with E-state index in [1.807, 2.05) is 60.7 Å². The van der Waals surface area contributed by atoms with Crippen LogP contribution < -0.4 is 14.2 Å². The van der Waals surface area contributed by atoms with Crippen LogP contribution >= 0.6 is 0 Å². The third-order valence-electron chi connectivity index (χ3n) is 3.80. The van der Waals surface area contributed by atoms with Crippen LogP contribution in [0.25, 0.3) is 11.1 Å². The first-order valence-corrected chi connectivity index (χ1v) is 7.56. The maximum absolute atomic E-state index is 6.12. The summed E-state index contributed by atoms with van der Waals surface area (Å²) in [5, 5.41) is 0. The molecule has 0 N–H and O–H groups in total. The van der Waals surface area contributed by atoms with Crippen LogP contribution in [0.4, 0.5) is 0 Å². The minimum atomic E-state index is 0.231. The number of benzene rings is 3. The Morgan fingerprint density at radius 1 is 0.783 bits per heavy atom. The monoisotopic (exact) mass is 304 g/mol. The molecule has 1 heterocycles. The van der Waals surface area contributed by atoms with E-state index in [2.05, 4.69) is 12.1 Å². The van der Waals surface area contributed by atoms with Gasteiger partial charge in [-0.3, -0.25) is 0 Å². The van der Waals surface area contributed by atoms with Crippen molar-refractivity contribution >= 4 is 0 Å². The Labute approximate surface area is 135 Å². The summed E-state index contributed by atoms with van der Waals surface area (Å²) in [5.41, 5.74) is 3.21. The molecule has 3 aromatic carbocycles. The molecule has 0 aliphatic carbocycles. The van der Waals surface area contributed by atoms with Gasteiger partial charge in [0, 0.05) is 5.56 Å². The van der Waals surface area contributed by atoms with Crippen molar-refractivity contribution in [1.29, 1.82) is 0 Å². The first kappa shape index (κ1) is 13.7. The van der Waals surface area contributed by atoms with Crippen LogP contribution in [-0.4, -0.2) is 6.79 Å². The van der Waals surface area contributed by atoms with Crippen molar-refractivity contribution in [3.63, 3.8) is 0 Å². The van der Waals surface area contributed by atoms with E-state index in [1.54, 1.807) is 0 Å². The predicted molar refractivity (Wildman–Crippen MR) is 88.8 cm³/mol. The van der Waals surface area contributed by atoms with Crippen molar-refractivity contribution < 1.29 is 14.2 Å². The molecule has 3 aromatic rings. The Morgan fingerprint density at radius 2 is 1.52 bits per heavy atom. The van der Waals surface area contributed by atoms with E-state index < -0.39 is 0 Å². The van der Waals surface area contributed by atoms with Gasteiger partial charge in [0.05, 0.1) is 0 Å². The molecule has 0 fully saturated rings. The molecule has 0 bridgehead atoms. The second-order valence-corrected chi connectivity index (χ2v) is 5.32. The summed E-state index contributed by atoms with van der Waals surface area (Å²) in [4.78, 5) is 0. The zero-order chi connectivity index (χ0) is 15.5. The largest absolute Gasteiger partial charge is 0.484 e. The van der Waals surface area contributed by atoms with Crippen molar-refractivity contribution in [3.05, 3.63) is 78.4 Å². The highest BCUT2D eigenvalue weighted by atomic mass is 16.7. The zero-order valence-corrected chi connectivity index (χ0v) is 12.6. The quantitative estimate of drug-likeness (QED) is 0.701. The number of rotatable bonds is 4. The first-order chi connectivity index (χ1) is 11.4. The van der Waals surface area contributed by atoms with Gasteiger partial charge in [-0.25, -0.2) is 0 Å². The molecule has 114 valence electrons. The van der Waals surface area contributed by atoms with Gasteiger partial charge in [0.1, 0.15) is 6.61 Å². The lowest BCUT2D eigenvalue weighted by Crippen LogP contribution is -1.99. The third-order valence-corrected chi connectivity index (χ3v) is 3.80. The van der Waals surface area contributed by atoms with Crippen molar-refractivity contribution in [3.8, 4) is 28.4 Å². The lowest BCUT2D eigenvalue weighted by Gasteiger charge is -2.14. The molecular weight excluding hydrogens is 288 g/mol. The second-order valence-electron chi connectivity index (χ2n) is 5.32. The Kier molecular flexibility index (Phi) is 3.60. The maximum Gasteiger partial charge on any atom is 0.231 e. The molecule has 0 amide bonds. The lowest BCUT2D eigenvalue weighted by atomic mass is 10.0. The lowest BCUT2D eigenvalue weighted by molar-refractivity contribution is 0.169. The minimum Gasteiger partial charge on any atom is -0.484 e. The molecule has 0 unspecified atom stereocenters. The average Bonchev–Trinajstić information content (AvgIpc) is 3.10. The minimum absolute atomic E-state index is 0.231. The summed E-state index contributed by atoms with van der Waals surface area (Å²) in [7, 11) is 0. The zero-order valence-electron chi connectivity index (χ0n) is 12.6. The normalized spacial score (nSPS) is 12.2. The van der Waals surface area contributed by atoms with Crippen molar-refractivity contribution in [2.75, 3.05) is 6.79 Å². The standard InChI is InChI=1S/C20H16O3/c1-3-7-15(8-4-1)13-21-19-17(16-9-5-2-6-10-16)11-12-18-20(19)23-14-22-18/h1-12H,13-14H2. The molecule has 1 aliphatic rings. The van der Waals surface area contributed by atoms with E-state index in [1.165, 1.54) is 0 Å². The van der Waals surface area contributed by atoms with Crippen LogP contribution in [0.5, 0.6) is 17.2 Å². The molecule has 0 aromatic heterocycles. The SMILES string of the molecule is c1ccc(COc2c(-c3ccccc3)ccc3c2OCO3)cc1. The van der Waals surface area contributed by atoms with Gasteiger partial charge in [-0.15, -0.1) is 0 Å². The van der Waals surface area contributed by atoms with Crippen molar-refractivity contribution in [2.24, 2.45) is 0 Å². The van der Waals surface area contributed by atoms with Gasteiger partial charge >= 0.3 is 0 Å². The summed E-state index contributed by atoms with van der Waals surface area (Å²) in [5.74, 6) is 2.14. The van der Waals surface area contributed by atoms with Crippen LogP contribution in [0.3, 0.4) is 0 Å². The molecule has 4 rings (SSSR count). The van der Waals surface area contributed by atoms with Gasteiger partial charge in [-0.1, -0.05) is 60.7 Å². The number of hydrogen-bond acceptors (Lipinski definition) is 3. The number of ether oxygens (including phenoxy) is 3. The summed E-state index contributed by atoms with van der Waals surface area (Å²) in [6.45, 7) is 0.718. The Hall–Kier alpha value is -2.94. The van der Waals surface area contributed by atoms with Crippen LogP contribution in [0.1, 0.15) is 5.56 Å². The molecule has 0 saturated heterocycles. The summed E-state index contributed by atoms with van der Waals surface area (Å²) in [6.07, 6.45) is 0. The maximum atomic E-state index is 6.12. The molecular formula is C20H16O3. The smallest absolute Gasteiger partial charge is 0.231 e. The molecule has 23 heavy (non-hydrogen) atoms. The van der Waals surface area contributed by atoms with Crippen molar-refractivity contribution in [1.82, 2.24) is 0 Å². The van der Waals surface area contributed by atoms with E-state index in [-0.39, 0.29) is 6.79 Å². The van der Waals surface area contributed by atoms with E-state index in [9.17, 15) is 0 Å². The van der Waals surface area contributed by atoms with E-state index in [0.717, 1.165) is 28.2 Å². The fourth-order valence-corrected chi connectivity index (χ4v) is 2.66. The average molecular weight is 304 g/mol. The highest BCUT2D eigenvalue weighted by Crippen LogP contribution is 2.47. The van der Waals surface area contributed by atoms with Crippen LogP contribution in [0.2, 0.25) is 0 Å². The van der Waals surface area contributed by atoms with Gasteiger partial charge in [0.25, 0.3) is 0 Å². The number of hydrogen-bond donors (Lipinski definition) is 0. The Balaban J connectivity index is 1.72. The predicted octanol–water partition coefficient (Wildman–Crippen LogP) is 4.66. The van der Waals surface area contributed by atoms with Crippen LogP contribution in [-0.2, 0) is 6.61 Å². The molecule has 3 nitrogen and oxygen atoms in total. The number of fused-ring (bicyclic) bond motifs is 1. The first-order valence-electron chi connectivity index (χ1n) is 7.56. The second kappa shape index (κ2) is 6.05. The fraction of sp³-hybridized carbons (Fsp3) is 0.100. The fourth-order valence-electron chi connectivity index (χ4n) is 2.66. The Bertz CT molecular complexity index is 798.